The molecule has 2 aliphatic rings. The number of rotatable bonds is 5. The highest BCUT2D eigenvalue weighted by molar-refractivity contribution is 7.86. The standard InChI is InChI=1S/C18H26N4O4S/c1-25-14-15-5-4-8-22(13-15)27(23,24)21-11-9-20(10-12-21)18-19-16-6-2-3-7-17(16)26-18/h2-3,6-7,15H,4-5,8-14H2,1H3. The molecular weight excluding hydrogens is 368 g/mol. The van der Waals surface area contributed by atoms with Crippen LogP contribution in [0.25, 0.3) is 11.1 Å². The summed E-state index contributed by atoms with van der Waals surface area (Å²) >= 11 is 0. The molecule has 8 nitrogen and oxygen atoms in total. The molecule has 2 fully saturated rings. The number of aromatic nitrogens is 1. The topological polar surface area (TPSA) is 79.1 Å². The molecule has 0 amide bonds. The van der Waals surface area contributed by atoms with Crippen molar-refractivity contribution in [2.75, 3.05) is 57.9 Å². The van der Waals surface area contributed by atoms with Gasteiger partial charge in [-0.15, -0.1) is 0 Å². The Balaban J connectivity index is 1.40. The van der Waals surface area contributed by atoms with Gasteiger partial charge in [-0.3, -0.25) is 0 Å². The fourth-order valence-electron chi connectivity index (χ4n) is 3.88. The number of anilines is 1. The first-order chi connectivity index (χ1) is 13.1. The first-order valence-corrected chi connectivity index (χ1v) is 10.8. The van der Waals surface area contributed by atoms with Crippen molar-refractivity contribution in [1.29, 1.82) is 0 Å². The SMILES string of the molecule is COCC1CCCN(S(=O)(=O)N2CCN(c3nc4ccccc4o3)CC2)C1. The average molecular weight is 394 g/mol. The molecule has 0 aliphatic carbocycles. The van der Waals surface area contributed by atoms with E-state index in [4.69, 9.17) is 9.15 Å². The molecule has 9 heteroatoms. The van der Waals surface area contributed by atoms with Crippen LogP contribution in [0, 0.1) is 5.92 Å². The van der Waals surface area contributed by atoms with E-state index in [-0.39, 0.29) is 5.92 Å². The molecule has 0 radical (unpaired) electrons. The Bertz CT molecular complexity index is 841. The second-order valence-electron chi connectivity index (χ2n) is 7.18. The normalized spacial score (nSPS) is 23.1. The maximum atomic E-state index is 13.0. The Kier molecular flexibility index (Phi) is 5.36. The molecule has 148 valence electrons. The van der Waals surface area contributed by atoms with Gasteiger partial charge in [-0.2, -0.15) is 22.0 Å². The Morgan fingerprint density at radius 1 is 1.15 bits per heavy atom. The third-order valence-electron chi connectivity index (χ3n) is 5.33. The summed E-state index contributed by atoms with van der Waals surface area (Å²) in [5.41, 5.74) is 1.57. The van der Waals surface area contributed by atoms with Gasteiger partial charge in [0, 0.05) is 46.4 Å². The Labute approximate surface area is 159 Å². The highest BCUT2D eigenvalue weighted by Crippen LogP contribution is 2.25. The lowest BCUT2D eigenvalue weighted by Gasteiger charge is -2.38. The molecule has 3 heterocycles. The van der Waals surface area contributed by atoms with E-state index in [1.165, 1.54) is 0 Å². The van der Waals surface area contributed by atoms with Gasteiger partial charge in [0.2, 0.25) is 0 Å². The van der Waals surface area contributed by atoms with Crippen molar-refractivity contribution in [2.45, 2.75) is 12.8 Å². The average Bonchev–Trinajstić information content (AvgIpc) is 3.13. The van der Waals surface area contributed by atoms with Crippen LogP contribution in [0.4, 0.5) is 6.01 Å². The molecule has 1 atom stereocenters. The predicted octanol–water partition coefficient (Wildman–Crippen LogP) is 1.55. The van der Waals surface area contributed by atoms with Crippen molar-refractivity contribution < 1.29 is 17.6 Å². The zero-order valence-electron chi connectivity index (χ0n) is 15.6. The summed E-state index contributed by atoms with van der Waals surface area (Å²) < 4.78 is 40.3. The number of benzene rings is 1. The lowest BCUT2D eigenvalue weighted by Crippen LogP contribution is -2.55. The van der Waals surface area contributed by atoms with E-state index in [1.54, 1.807) is 15.7 Å². The van der Waals surface area contributed by atoms with E-state index in [0.29, 0.717) is 51.9 Å². The largest absolute Gasteiger partial charge is 0.423 e. The van der Waals surface area contributed by atoms with Crippen molar-refractivity contribution in [2.24, 2.45) is 5.92 Å². The lowest BCUT2D eigenvalue weighted by atomic mass is 10.0. The van der Waals surface area contributed by atoms with Crippen LogP contribution in [0.15, 0.2) is 28.7 Å². The molecular formula is C18H26N4O4S. The van der Waals surface area contributed by atoms with Crippen LogP contribution in [-0.4, -0.2) is 75.0 Å². The number of methoxy groups -OCH3 is 1. The molecule has 0 N–H and O–H groups in total. The predicted molar refractivity (Wildman–Crippen MR) is 103 cm³/mol. The number of piperidine rings is 1. The zero-order chi connectivity index (χ0) is 18.9. The first kappa shape index (κ1) is 18.7. The van der Waals surface area contributed by atoms with Crippen LogP contribution in [0.2, 0.25) is 0 Å². The fourth-order valence-corrected chi connectivity index (χ4v) is 5.59. The van der Waals surface area contributed by atoms with Gasteiger partial charge in [0.15, 0.2) is 5.58 Å². The van der Waals surface area contributed by atoms with Gasteiger partial charge in [0.05, 0.1) is 6.61 Å². The van der Waals surface area contributed by atoms with Gasteiger partial charge in [-0.05, 0) is 30.9 Å². The number of oxazole rings is 1. The van der Waals surface area contributed by atoms with E-state index >= 15 is 0 Å². The highest BCUT2D eigenvalue weighted by Gasteiger charge is 2.35. The second-order valence-corrected chi connectivity index (χ2v) is 9.11. The maximum absolute atomic E-state index is 13.0. The maximum Gasteiger partial charge on any atom is 0.298 e. The summed E-state index contributed by atoms with van der Waals surface area (Å²) in [6, 6.07) is 8.20. The van der Waals surface area contributed by atoms with E-state index in [1.807, 2.05) is 29.2 Å². The monoisotopic (exact) mass is 394 g/mol. The Hall–Kier alpha value is -1.68. The van der Waals surface area contributed by atoms with Crippen LogP contribution in [0.3, 0.4) is 0 Å². The van der Waals surface area contributed by atoms with Crippen molar-refractivity contribution in [3.63, 3.8) is 0 Å². The second kappa shape index (κ2) is 7.75. The number of hydrogen-bond acceptors (Lipinski definition) is 6. The van der Waals surface area contributed by atoms with Crippen LogP contribution >= 0.6 is 0 Å². The summed E-state index contributed by atoms with van der Waals surface area (Å²) in [6.07, 6.45) is 1.90. The summed E-state index contributed by atoms with van der Waals surface area (Å²) in [4.78, 5) is 6.52. The van der Waals surface area contributed by atoms with Crippen molar-refractivity contribution in [3.8, 4) is 0 Å². The number of ether oxygens (including phenoxy) is 1. The quantitative estimate of drug-likeness (QED) is 0.766. The molecule has 4 rings (SSSR count). The molecule has 1 aromatic carbocycles. The smallest absolute Gasteiger partial charge is 0.298 e. The van der Waals surface area contributed by atoms with Gasteiger partial charge in [-0.25, -0.2) is 0 Å². The molecule has 1 unspecified atom stereocenters. The zero-order valence-corrected chi connectivity index (χ0v) is 16.4. The first-order valence-electron chi connectivity index (χ1n) is 9.42. The number of fused-ring (bicyclic) bond motifs is 1. The molecule has 27 heavy (non-hydrogen) atoms. The Morgan fingerprint density at radius 3 is 2.67 bits per heavy atom. The van der Waals surface area contributed by atoms with Gasteiger partial charge >= 0.3 is 0 Å². The number of nitrogens with zero attached hydrogens (tertiary/aromatic N) is 4. The number of para-hydroxylation sites is 2. The van der Waals surface area contributed by atoms with Crippen LogP contribution in [-0.2, 0) is 14.9 Å². The number of hydrogen-bond donors (Lipinski definition) is 0. The Morgan fingerprint density at radius 2 is 1.93 bits per heavy atom. The number of piperazine rings is 1. The van der Waals surface area contributed by atoms with Crippen molar-refractivity contribution in [1.82, 2.24) is 13.6 Å². The summed E-state index contributed by atoms with van der Waals surface area (Å²) in [5, 5.41) is 0. The summed E-state index contributed by atoms with van der Waals surface area (Å²) in [5.74, 6) is 0.277. The molecule has 2 aromatic rings. The minimum Gasteiger partial charge on any atom is -0.423 e. The van der Waals surface area contributed by atoms with Crippen LogP contribution in [0.1, 0.15) is 12.8 Å². The molecule has 0 bridgehead atoms. The van der Waals surface area contributed by atoms with Gasteiger partial charge in [-0.1, -0.05) is 12.1 Å². The molecule has 1 aromatic heterocycles. The van der Waals surface area contributed by atoms with Gasteiger partial charge in [0.1, 0.15) is 5.52 Å². The molecule has 0 saturated carbocycles. The van der Waals surface area contributed by atoms with E-state index in [0.717, 1.165) is 23.9 Å². The molecule has 2 aliphatic heterocycles. The van der Waals surface area contributed by atoms with Gasteiger partial charge in [0.25, 0.3) is 16.2 Å². The fraction of sp³-hybridized carbons (Fsp3) is 0.611. The molecule has 2 saturated heterocycles. The van der Waals surface area contributed by atoms with Gasteiger partial charge < -0.3 is 14.1 Å². The lowest BCUT2D eigenvalue weighted by molar-refractivity contribution is 0.116. The summed E-state index contributed by atoms with van der Waals surface area (Å²) in [7, 11) is -1.77. The highest BCUT2D eigenvalue weighted by atomic mass is 32.2. The van der Waals surface area contributed by atoms with Crippen LogP contribution < -0.4 is 4.90 Å². The third kappa shape index (κ3) is 3.82. The third-order valence-corrected chi connectivity index (χ3v) is 7.33. The molecule has 0 spiro atoms. The van der Waals surface area contributed by atoms with Crippen LogP contribution in [0.5, 0.6) is 0 Å². The van der Waals surface area contributed by atoms with E-state index < -0.39 is 10.2 Å². The van der Waals surface area contributed by atoms with Crippen molar-refractivity contribution in [3.05, 3.63) is 24.3 Å². The van der Waals surface area contributed by atoms with E-state index in [2.05, 4.69) is 4.98 Å². The summed E-state index contributed by atoms with van der Waals surface area (Å²) in [6.45, 7) is 3.76. The van der Waals surface area contributed by atoms with E-state index in [9.17, 15) is 8.42 Å². The minimum atomic E-state index is -3.43. The van der Waals surface area contributed by atoms with Crippen molar-refractivity contribution >= 4 is 27.3 Å². The minimum absolute atomic E-state index is 0.277.